The first-order valence-electron chi connectivity index (χ1n) is 6.57. The molecule has 0 radical (unpaired) electrons. The van der Waals surface area contributed by atoms with Crippen LogP contribution in [0.15, 0.2) is 12.1 Å². The fourth-order valence-electron chi connectivity index (χ4n) is 2.43. The number of amides is 1. The maximum absolute atomic E-state index is 13.4. The molecule has 0 saturated heterocycles. The van der Waals surface area contributed by atoms with Crippen molar-refractivity contribution in [3.63, 3.8) is 0 Å². The van der Waals surface area contributed by atoms with Gasteiger partial charge in [0.05, 0.1) is 11.2 Å². The van der Waals surface area contributed by atoms with E-state index >= 15 is 0 Å². The van der Waals surface area contributed by atoms with Crippen molar-refractivity contribution in [3.8, 4) is 0 Å². The van der Waals surface area contributed by atoms with Gasteiger partial charge in [0.25, 0.3) is 5.91 Å². The van der Waals surface area contributed by atoms with Crippen LogP contribution in [0.3, 0.4) is 0 Å². The van der Waals surface area contributed by atoms with Crippen molar-refractivity contribution in [3.05, 3.63) is 35.1 Å². The summed E-state index contributed by atoms with van der Waals surface area (Å²) in [5.74, 6) is -5.39. The fourth-order valence-corrected chi connectivity index (χ4v) is 2.43. The van der Waals surface area contributed by atoms with Crippen LogP contribution in [0.5, 0.6) is 0 Å². The Labute approximate surface area is 114 Å². The summed E-state index contributed by atoms with van der Waals surface area (Å²) in [6.07, 6.45) is 3.90. The van der Waals surface area contributed by atoms with E-state index in [1.165, 1.54) is 0 Å². The molecule has 0 heterocycles. The van der Waals surface area contributed by atoms with Crippen LogP contribution in [-0.4, -0.2) is 23.2 Å². The summed E-state index contributed by atoms with van der Waals surface area (Å²) < 4.78 is 39.3. The summed E-state index contributed by atoms with van der Waals surface area (Å²) in [5.41, 5.74) is -1.56. The minimum Gasteiger partial charge on any atom is -0.388 e. The molecule has 3 nitrogen and oxygen atoms in total. The molecule has 1 amide bonds. The molecule has 110 valence electrons. The zero-order chi connectivity index (χ0) is 14.8. The molecular weight excluding hydrogens is 271 g/mol. The number of nitrogens with one attached hydrogen (secondary N) is 1. The summed E-state index contributed by atoms with van der Waals surface area (Å²) in [6, 6.07) is 1.58. The van der Waals surface area contributed by atoms with E-state index in [0.29, 0.717) is 18.9 Å². The van der Waals surface area contributed by atoms with Gasteiger partial charge in [0.2, 0.25) is 0 Å². The van der Waals surface area contributed by atoms with Gasteiger partial charge in [-0.05, 0) is 25.0 Å². The number of aliphatic hydroxyl groups is 1. The monoisotopic (exact) mass is 287 g/mol. The largest absolute Gasteiger partial charge is 0.388 e. The second-order valence-electron chi connectivity index (χ2n) is 5.19. The third kappa shape index (κ3) is 3.12. The number of halogens is 3. The molecule has 0 bridgehead atoms. The van der Waals surface area contributed by atoms with Crippen molar-refractivity contribution in [1.29, 1.82) is 0 Å². The van der Waals surface area contributed by atoms with Crippen LogP contribution in [0, 0.1) is 17.5 Å². The van der Waals surface area contributed by atoms with Gasteiger partial charge in [-0.2, -0.15) is 0 Å². The van der Waals surface area contributed by atoms with E-state index in [-0.39, 0.29) is 6.54 Å². The molecule has 1 aromatic rings. The Kier molecular flexibility index (Phi) is 4.32. The van der Waals surface area contributed by atoms with E-state index in [0.717, 1.165) is 25.3 Å². The Bertz CT molecular complexity index is 513. The van der Waals surface area contributed by atoms with Crippen molar-refractivity contribution in [2.75, 3.05) is 6.54 Å². The molecule has 2 N–H and O–H groups in total. The van der Waals surface area contributed by atoms with E-state index in [9.17, 15) is 23.1 Å². The first kappa shape index (κ1) is 14.8. The molecule has 0 unspecified atom stereocenters. The van der Waals surface area contributed by atoms with Crippen molar-refractivity contribution in [1.82, 2.24) is 5.32 Å². The zero-order valence-corrected chi connectivity index (χ0v) is 10.9. The summed E-state index contributed by atoms with van der Waals surface area (Å²) >= 11 is 0. The Morgan fingerprint density at radius 2 is 1.80 bits per heavy atom. The second-order valence-corrected chi connectivity index (χ2v) is 5.19. The molecule has 0 atom stereocenters. The topological polar surface area (TPSA) is 49.3 Å². The maximum Gasteiger partial charge on any atom is 0.254 e. The van der Waals surface area contributed by atoms with Crippen LogP contribution in [-0.2, 0) is 0 Å². The Morgan fingerprint density at radius 1 is 1.15 bits per heavy atom. The number of rotatable bonds is 3. The van der Waals surface area contributed by atoms with Crippen LogP contribution < -0.4 is 5.32 Å². The third-order valence-electron chi connectivity index (χ3n) is 3.64. The number of carbonyl (C=O) groups is 1. The highest BCUT2D eigenvalue weighted by atomic mass is 19.2. The minimum atomic E-state index is -1.67. The average molecular weight is 287 g/mol. The average Bonchev–Trinajstić information content (AvgIpc) is 2.43. The molecule has 1 aromatic carbocycles. The fraction of sp³-hybridized carbons (Fsp3) is 0.500. The van der Waals surface area contributed by atoms with Crippen molar-refractivity contribution < 1.29 is 23.1 Å². The van der Waals surface area contributed by atoms with Gasteiger partial charge in [-0.25, -0.2) is 13.2 Å². The predicted molar refractivity (Wildman–Crippen MR) is 66.7 cm³/mol. The highest BCUT2D eigenvalue weighted by Crippen LogP contribution is 2.27. The molecule has 1 fully saturated rings. The Balaban J connectivity index is 2.03. The second kappa shape index (κ2) is 5.83. The van der Waals surface area contributed by atoms with Crippen molar-refractivity contribution in [2.45, 2.75) is 37.7 Å². The quantitative estimate of drug-likeness (QED) is 0.839. The van der Waals surface area contributed by atoms with E-state index in [1.807, 2.05) is 0 Å². The molecule has 1 aliphatic rings. The third-order valence-corrected chi connectivity index (χ3v) is 3.64. The summed E-state index contributed by atoms with van der Waals surface area (Å²) in [4.78, 5) is 11.8. The van der Waals surface area contributed by atoms with Gasteiger partial charge in [0, 0.05) is 6.54 Å². The van der Waals surface area contributed by atoms with Crippen molar-refractivity contribution in [2.24, 2.45) is 0 Å². The lowest BCUT2D eigenvalue weighted by molar-refractivity contribution is 0.00521. The van der Waals surface area contributed by atoms with Crippen LogP contribution in [0.4, 0.5) is 13.2 Å². The molecule has 0 aromatic heterocycles. The Hall–Kier alpha value is -1.56. The number of benzene rings is 1. The molecular formula is C14H16F3NO2. The normalized spacial score (nSPS) is 17.8. The molecule has 20 heavy (non-hydrogen) atoms. The highest BCUT2D eigenvalue weighted by Gasteiger charge is 2.30. The van der Waals surface area contributed by atoms with Gasteiger partial charge in [0.15, 0.2) is 17.5 Å². The first-order chi connectivity index (χ1) is 9.43. The van der Waals surface area contributed by atoms with Gasteiger partial charge in [0.1, 0.15) is 0 Å². The predicted octanol–water partition coefficient (Wildman–Crippen LogP) is 2.53. The van der Waals surface area contributed by atoms with Gasteiger partial charge < -0.3 is 10.4 Å². The smallest absolute Gasteiger partial charge is 0.254 e. The van der Waals surface area contributed by atoms with Gasteiger partial charge in [-0.1, -0.05) is 19.3 Å². The number of hydrogen-bond acceptors (Lipinski definition) is 2. The van der Waals surface area contributed by atoms with Gasteiger partial charge >= 0.3 is 0 Å². The number of carbonyl (C=O) groups excluding carboxylic acids is 1. The minimum absolute atomic E-state index is 0.0235. The van der Waals surface area contributed by atoms with Gasteiger partial charge in [-0.15, -0.1) is 0 Å². The van der Waals surface area contributed by atoms with E-state index in [2.05, 4.69) is 5.32 Å². The van der Waals surface area contributed by atoms with Crippen LogP contribution in [0.2, 0.25) is 0 Å². The highest BCUT2D eigenvalue weighted by molar-refractivity contribution is 5.94. The molecule has 2 rings (SSSR count). The van der Waals surface area contributed by atoms with Gasteiger partial charge in [-0.3, -0.25) is 4.79 Å². The molecule has 1 aliphatic carbocycles. The van der Waals surface area contributed by atoms with Crippen molar-refractivity contribution >= 4 is 5.91 Å². The lowest BCUT2D eigenvalue weighted by atomic mass is 9.85. The lowest BCUT2D eigenvalue weighted by Gasteiger charge is -2.32. The van der Waals surface area contributed by atoms with E-state index in [1.54, 1.807) is 0 Å². The maximum atomic E-state index is 13.4. The number of hydrogen-bond donors (Lipinski definition) is 2. The summed E-state index contributed by atoms with van der Waals surface area (Å²) in [7, 11) is 0. The summed E-state index contributed by atoms with van der Waals surface area (Å²) in [6.45, 7) is -0.0235. The first-order valence-corrected chi connectivity index (χ1v) is 6.57. The molecule has 1 saturated carbocycles. The van der Waals surface area contributed by atoms with Crippen LogP contribution in [0.1, 0.15) is 42.5 Å². The van der Waals surface area contributed by atoms with Crippen LogP contribution in [0.25, 0.3) is 0 Å². The molecule has 0 aliphatic heterocycles. The SMILES string of the molecule is O=C(NCC1(O)CCCCC1)c1ccc(F)c(F)c1F. The Morgan fingerprint density at radius 3 is 2.45 bits per heavy atom. The van der Waals surface area contributed by atoms with Crippen LogP contribution >= 0.6 is 0 Å². The zero-order valence-electron chi connectivity index (χ0n) is 10.9. The van der Waals surface area contributed by atoms with E-state index < -0.39 is 34.5 Å². The summed E-state index contributed by atoms with van der Waals surface area (Å²) in [5, 5.41) is 12.6. The molecule has 0 spiro atoms. The van der Waals surface area contributed by atoms with E-state index in [4.69, 9.17) is 0 Å². The standard InChI is InChI=1S/C14H16F3NO2/c15-10-5-4-9(11(16)12(10)17)13(19)18-8-14(20)6-2-1-3-7-14/h4-5,20H,1-3,6-8H2,(H,18,19). The lowest BCUT2D eigenvalue weighted by Crippen LogP contribution is -2.44. The molecule has 6 heteroatoms.